The molecule has 0 radical (unpaired) electrons. The molecule has 2 saturated carbocycles. The molecule has 2 aromatic carbocycles. The number of carbonyl (C=O) groups is 5. The first-order valence-corrected chi connectivity index (χ1v) is 18.0. The molecule has 0 aliphatic heterocycles. The van der Waals surface area contributed by atoms with E-state index in [1.165, 1.54) is 17.0 Å². The zero-order chi connectivity index (χ0) is 38.5. The van der Waals surface area contributed by atoms with E-state index in [2.05, 4.69) is 26.1 Å². The number of nitrogens with two attached hydrogens (primary N) is 1. The molecule has 278 valence electrons. The number of nitrogens with zero attached hydrogens (tertiary/aromatic N) is 2. The van der Waals surface area contributed by atoms with Crippen molar-refractivity contribution in [3.63, 3.8) is 0 Å². The van der Waals surface area contributed by atoms with Crippen molar-refractivity contribution in [3.05, 3.63) is 52.6 Å². The number of anilines is 1. The van der Waals surface area contributed by atoms with Crippen LogP contribution in [0.15, 0.2) is 35.2 Å². The first kappa shape index (κ1) is 39.8. The molecule has 3 aliphatic carbocycles. The second-order valence-corrected chi connectivity index (χ2v) is 16.8. The number of hydrogen-bond acceptors (Lipinski definition) is 12. The molecule has 14 nitrogen and oxygen atoms in total. The maximum Gasteiger partial charge on any atom is 0.294 e. The van der Waals surface area contributed by atoms with Gasteiger partial charge in [0.25, 0.3) is 10.1 Å². The van der Waals surface area contributed by atoms with Crippen LogP contribution in [0.25, 0.3) is 0 Å². The Balaban J connectivity index is 0.000000452. The molecule has 0 bridgehead atoms. The van der Waals surface area contributed by atoms with Crippen LogP contribution >= 0.6 is 0 Å². The fourth-order valence-corrected chi connectivity index (χ4v) is 8.00. The maximum absolute atomic E-state index is 14.0. The molecule has 15 heteroatoms. The van der Waals surface area contributed by atoms with E-state index in [0.717, 1.165) is 5.56 Å². The number of phenols is 1. The van der Waals surface area contributed by atoms with Crippen molar-refractivity contribution in [1.82, 2.24) is 10.2 Å². The Morgan fingerprint density at radius 2 is 1.63 bits per heavy atom. The monoisotopic (exact) mass is 728 g/mol. The molecule has 6 atom stereocenters. The molecule has 0 saturated heterocycles. The third kappa shape index (κ3) is 7.49. The quantitative estimate of drug-likeness (QED) is 0.201. The van der Waals surface area contributed by atoms with Crippen LogP contribution in [0, 0.1) is 36.0 Å². The minimum Gasteiger partial charge on any atom is -0.507 e. The summed E-state index contributed by atoms with van der Waals surface area (Å²) in [5, 5.41) is 26.3. The van der Waals surface area contributed by atoms with Crippen LogP contribution < -0.4 is 16.0 Å². The molecule has 51 heavy (non-hydrogen) atoms. The fraction of sp³-hybridized carbons (Fsp3) is 0.528. The predicted molar refractivity (Wildman–Crippen MR) is 188 cm³/mol. The summed E-state index contributed by atoms with van der Waals surface area (Å²) in [5.41, 5.74) is 5.37. The average molecular weight is 729 g/mol. The van der Waals surface area contributed by atoms with Gasteiger partial charge < -0.3 is 26.2 Å². The Bertz CT molecular complexity index is 1870. The number of nitrogens with one attached hydrogen (secondary N) is 1. The lowest BCUT2D eigenvalue weighted by Crippen LogP contribution is -2.74. The number of amides is 1. The number of ketones is 4. The van der Waals surface area contributed by atoms with Crippen LogP contribution in [0.4, 0.5) is 5.69 Å². The first-order valence-electron chi connectivity index (χ1n) is 16.6. The number of rotatable bonds is 7. The second kappa shape index (κ2) is 14.2. The summed E-state index contributed by atoms with van der Waals surface area (Å²) in [7, 11) is 2.75. The van der Waals surface area contributed by atoms with Gasteiger partial charge in [0.2, 0.25) is 5.91 Å². The molecule has 5 rings (SSSR count). The van der Waals surface area contributed by atoms with Crippen molar-refractivity contribution in [2.75, 3.05) is 39.6 Å². The van der Waals surface area contributed by atoms with E-state index in [0.29, 0.717) is 23.4 Å². The Kier molecular flexibility index (Phi) is 11.1. The lowest BCUT2D eigenvalue weighted by molar-refractivity contribution is -0.181. The number of aromatic hydroxyl groups is 1. The number of hydrogen-bond donors (Lipinski definition) is 5. The maximum atomic E-state index is 14.0. The summed E-state index contributed by atoms with van der Waals surface area (Å²) in [5.74, 6) is -10.4. The zero-order valence-electron chi connectivity index (χ0n) is 30.2. The van der Waals surface area contributed by atoms with Crippen LogP contribution in [-0.4, -0.2) is 104 Å². The Labute approximate surface area is 298 Å². The van der Waals surface area contributed by atoms with Gasteiger partial charge in [-0.1, -0.05) is 38.5 Å². The van der Waals surface area contributed by atoms with Crippen LogP contribution in [0.5, 0.6) is 5.75 Å². The fourth-order valence-electron chi connectivity index (χ4n) is 7.52. The first-order chi connectivity index (χ1) is 23.4. The van der Waals surface area contributed by atoms with Crippen LogP contribution in [0.2, 0.25) is 0 Å². The smallest absolute Gasteiger partial charge is 0.294 e. The van der Waals surface area contributed by atoms with Crippen molar-refractivity contribution >= 4 is 44.8 Å². The summed E-state index contributed by atoms with van der Waals surface area (Å²) < 4.78 is 29.6. The van der Waals surface area contributed by atoms with Gasteiger partial charge in [0.1, 0.15) is 5.75 Å². The highest BCUT2D eigenvalue weighted by atomic mass is 32.2. The summed E-state index contributed by atoms with van der Waals surface area (Å²) in [6, 6.07) is 6.69. The zero-order valence-corrected chi connectivity index (χ0v) is 31.0. The van der Waals surface area contributed by atoms with Gasteiger partial charge in [0, 0.05) is 44.4 Å². The highest BCUT2D eigenvalue weighted by molar-refractivity contribution is 7.85. The number of primary amides is 1. The predicted octanol–water partition coefficient (Wildman–Crippen LogP) is 1.31. The summed E-state index contributed by atoms with van der Waals surface area (Å²) >= 11 is 0. The number of Topliss-reactive ketones (excluding diaryl/α,β-unsaturated/α-hetero) is 4. The Morgan fingerprint density at radius 1 is 1.04 bits per heavy atom. The van der Waals surface area contributed by atoms with E-state index < -0.39 is 74.5 Å². The van der Waals surface area contributed by atoms with Gasteiger partial charge in [-0.15, -0.1) is 0 Å². The van der Waals surface area contributed by atoms with E-state index >= 15 is 0 Å². The highest BCUT2D eigenvalue weighted by Crippen LogP contribution is 2.52. The normalized spacial score (nSPS) is 26.1. The molecule has 0 aromatic heterocycles. The van der Waals surface area contributed by atoms with Crippen molar-refractivity contribution in [3.8, 4) is 5.75 Å². The average Bonchev–Trinajstić information content (AvgIpc) is 2.99. The van der Waals surface area contributed by atoms with E-state index in [-0.39, 0.29) is 41.0 Å². The molecule has 1 amide bonds. The second-order valence-electron chi connectivity index (χ2n) is 15.4. The molecule has 3 aliphatic rings. The van der Waals surface area contributed by atoms with Crippen molar-refractivity contribution in [1.29, 1.82) is 0 Å². The van der Waals surface area contributed by atoms with Gasteiger partial charge >= 0.3 is 0 Å². The number of carbonyl (C=O) groups excluding carboxylic acids is 5. The number of phenolic OH excluding ortho intramolecular Hbond substituents is 1. The van der Waals surface area contributed by atoms with Gasteiger partial charge in [-0.3, -0.25) is 33.4 Å². The van der Waals surface area contributed by atoms with Crippen LogP contribution in [0.3, 0.4) is 0 Å². The van der Waals surface area contributed by atoms with Gasteiger partial charge in [-0.05, 0) is 69.0 Å². The minimum atomic E-state index is -4.02. The Hall–Kier alpha value is -4.02. The highest BCUT2D eigenvalue weighted by Gasteiger charge is 2.69. The van der Waals surface area contributed by atoms with E-state index in [4.69, 9.17) is 10.3 Å². The third-order valence-corrected chi connectivity index (χ3v) is 10.8. The minimum absolute atomic E-state index is 0.00496. The van der Waals surface area contributed by atoms with Gasteiger partial charge in [0.15, 0.2) is 34.7 Å². The summed E-state index contributed by atoms with van der Waals surface area (Å²) in [6.45, 7) is 8.98. The number of likely N-dealkylation sites (N-methyl/N-ethyl adjacent to an activating group) is 1. The third-order valence-electron chi connectivity index (χ3n) is 9.89. The van der Waals surface area contributed by atoms with Gasteiger partial charge in [-0.2, -0.15) is 8.42 Å². The largest absolute Gasteiger partial charge is 0.507 e. The molecule has 2 aromatic rings. The van der Waals surface area contributed by atoms with E-state index in [9.17, 15) is 42.6 Å². The number of fused-ring (bicyclic) bond motifs is 3. The van der Waals surface area contributed by atoms with E-state index in [1.54, 1.807) is 26.2 Å². The molecule has 6 N–H and O–H groups in total. The molecule has 2 unspecified atom stereocenters. The van der Waals surface area contributed by atoms with Crippen LogP contribution in [-0.2, 0) is 42.3 Å². The van der Waals surface area contributed by atoms with Gasteiger partial charge in [0.05, 0.1) is 22.4 Å². The number of aryl methyl sites for hydroxylation is 1. The number of aliphatic hydroxyl groups is 1. The summed E-state index contributed by atoms with van der Waals surface area (Å²) in [6.07, 6.45) is 0.245. The molecule has 0 heterocycles. The van der Waals surface area contributed by atoms with Crippen molar-refractivity contribution in [2.24, 2.45) is 34.8 Å². The topological polar surface area (TPSA) is 225 Å². The molecular formula is C36H48N4O10S. The molecular weight excluding hydrogens is 680 g/mol. The Morgan fingerprint density at radius 3 is 2.12 bits per heavy atom. The van der Waals surface area contributed by atoms with Crippen molar-refractivity contribution in [2.45, 2.75) is 63.6 Å². The lowest BCUT2D eigenvalue weighted by Gasteiger charge is -2.52. The number of benzene rings is 2. The van der Waals surface area contributed by atoms with Gasteiger partial charge in [-0.25, -0.2) is 0 Å². The van der Waals surface area contributed by atoms with Crippen molar-refractivity contribution < 1.29 is 47.2 Å². The molecule has 2 fully saturated rings. The lowest BCUT2D eigenvalue weighted by atomic mass is 9.52. The van der Waals surface area contributed by atoms with E-state index in [1.807, 2.05) is 32.0 Å². The molecule has 0 spiro atoms. The standard InChI is InChI=1S/C29H40N4O7.C7H8O3S/c1-28(2,3)12-31-11-14-10-17(32(4)5)15-8-13-9-16-21(33(6)7)24(36)20(27(30)39)26(38)29(16,40)25(37)18(13)23(35)19(15)22(14)34;1-6-2-4-7(5-3-6)11(8,9)10/h10,13,16,18,20-21,31,34,40H,8-9,11-12H2,1-7H3,(H2,30,39);2-5H,1H3,(H,8,9,10)/t13-,16-,18?,20?,21-,29-;/m0./s1. The SMILES string of the molecule is CN(C)c1cc(CNCC(C)(C)C)c(O)c2c1C[C@H]1C[C@H]3[C@H](N(C)C)C(=O)C(C(N)=O)C(=O)[C@@]3(O)C(=O)C1C2=O.Cc1ccc(S(=O)(=O)O)cc1. The summed E-state index contributed by atoms with van der Waals surface area (Å²) in [4.78, 5) is 70.1. The van der Waals surface area contributed by atoms with Crippen LogP contribution in [0.1, 0.15) is 54.2 Å².